The fraction of sp³-hybridized carbons (Fsp3) is 0.706. The molecule has 2 rings (SSSR count). The third kappa shape index (κ3) is 6.91. The average Bonchev–Trinajstić information content (AvgIpc) is 3.07. The third-order valence-corrected chi connectivity index (χ3v) is 3.84. The molecule has 0 bridgehead atoms. The van der Waals surface area contributed by atoms with E-state index in [2.05, 4.69) is 30.6 Å². The molecule has 9 nitrogen and oxygen atoms in total. The first-order chi connectivity index (χ1) is 12.4. The van der Waals surface area contributed by atoms with Crippen LogP contribution in [-0.2, 0) is 11.3 Å². The van der Waals surface area contributed by atoms with E-state index in [1.165, 1.54) is 0 Å². The van der Waals surface area contributed by atoms with E-state index >= 15 is 0 Å². The monoisotopic (exact) mass is 366 g/mol. The number of carbonyl (C=O) groups excluding carboxylic acids is 1. The van der Waals surface area contributed by atoms with Gasteiger partial charge in [0.05, 0.1) is 5.69 Å². The van der Waals surface area contributed by atoms with Gasteiger partial charge in [0.2, 0.25) is 0 Å². The van der Waals surface area contributed by atoms with Crippen LogP contribution in [0.2, 0.25) is 0 Å². The Morgan fingerprint density at radius 2 is 1.96 bits per heavy atom. The third-order valence-electron chi connectivity index (χ3n) is 3.84. The van der Waals surface area contributed by atoms with Crippen molar-refractivity contribution < 1.29 is 14.1 Å². The molecule has 0 radical (unpaired) electrons. The normalized spacial score (nSPS) is 16.5. The second-order valence-corrected chi connectivity index (χ2v) is 7.16. The number of rotatable bonds is 5. The summed E-state index contributed by atoms with van der Waals surface area (Å²) in [6, 6.07) is 1.89. The van der Waals surface area contributed by atoms with Gasteiger partial charge in [-0.15, -0.1) is 0 Å². The number of hydrogen-bond donors (Lipinski definition) is 2. The van der Waals surface area contributed by atoms with Crippen molar-refractivity contribution in [3.63, 3.8) is 0 Å². The molecule has 26 heavy (non-hydrogen) atoms. The van der Waals surface area contributed by atoms with Crippen molar-refractivity contribution in [1.29, 1.82) is 0 Å². The highest BCUT2D eigenvalue weighted by Crippen LogP contribution is 2.07. The minimum Gasteiger partial charge on any atom is -0.444 e. The van der Waals surface area contributed by atoms with Crippen LogP contribution in [-0.4, -0.2) is 78.9 Å². The number of carbonyl (C=O) groups is 1. The van der Waals surface area contributed by atoms with Gasteiger partial charge in [-0.2, -0.15) is 0 Å². The van der Waals surface area contributed by atoms with Crippen molar-refractivity contribution in [3.05, 3.63) is 18.0 Å². The number of amides is 1. The summed E-state index contributed by atoms with van der Waals surface area (Å²) < 4.78 is 10.1. The molecule has 0 saturated carbocycles. The summed E-state index contributed by atoms with van der Waals surface area (Å²) in [6.45, 7) is 11.0. The molecule has 2 N–H and O–H groups in total. The summed E-state index contributed by atoms with van der Waals surface area (Å²) in [6.07, 6.45) is 1.19. The molecule has 1 fully saturated rings. The van der Waals surface area contributed by atoms with Crippen molar-refractivity contribution >= 4 is 12.1 Å². The van der Waals surface area contributed by atoms with Gasteiger partial charge >= 0.3 is 6.09 Å². The summed E-state index contributed by atoms with van der Waals surface area (Å²) >= 11 is 0. The molecule has 0 spiro atoms. The quantitative estimate of drug-likeness (QED) is 0.454. The predicted molar refractivity (Wildman–Crippen MR) is 99.0 cm³/mol. The lowest BCUT2D eigenvalue weighted by atomic mass is 10.2. The zero-order valence-corrected chi connectivity index (χ0v) is 16.1. The van der Waals surface area contributed by atoms with Gasteiger partial charge < -0.3 is 24.8 Å². The Bertz CT molecular complexity index is 574. The van der Waals surface area contributed by atoms with Crippen LogP contribution in [0.25, 0.3) is 0 Å². The number of aliphatic imine (C=N–C) groups is 1. The topological polar surface area (TPSA) is 95.2 Å². The molecular weight excluding hydrogens is 336 g/mol. The fourth-order valence-corrected chi connectivity index (χ4v) is 2.65. The summed E-state index contributed by atoms with van der Waals surface area (Å²) in [4.78, 5) is 20.5. The molecule has 1 aliphatic rings. The number of guanidine groups is 1. The van der Waals surface area contributed by atoms with Gasteiger partial charge in [0.1, 0.15) is 11.9 Å². The summed E-state index contributed by atoms with van der Waals surface area (Å²) in [7, 11) is 1.77. The highest BCUT2D eigenvalue weighted by Gasteiger charge is 2.20. The van der Waals surface area contributed by atoms with Gasteiger partial charge in [-0.1, -0.05) is 5.16 Å². The second kappa shape index (κ2) is 9.42. The van der Waals surface area contributed by atoms with Gasteiger partial charge in [0.15, 0.2) is 5.96 Å². The molecule has 0 atom stereocenters. The number of aromatic nitrogens is 1. The van der Waals surface area contributed by atoms with Gasteiger partial charge in [0.25, 0.3) is 0 Å². The molecule has 0 unspecified atom stereocenters. The van der Waals surface area contributed by atoms with Crippen molar-refractivity contribution in [2.75, 3.05) is 46.3 Å². The SMILES string of the molecule is CN=C(NCCNC(=O)OC(C)(C)C)N1CCN(Cc2ccon2)CC1. The molecule has 0 aromatic carbocycles. The lowest BCUT2D eigenvalue weighted by Crippen LogP contribution is -2.53. The summed E-state index contributed by atoms with van der Waals surface area (Å²) in [5.41, 5.74) is 0.466. The van der Waals surface area contributed by atoms with Crippen LogP contribution in [0.3, 0.4) is 0 Å². The highest BCUT2D eigenvalue weighted by molar-refractivity contribution is 5.80. The Hall–Kier alpha value is -2.29. The largest absolute Gasteiger partial charge is 0.444 e. The lowest BCUT2D eigenvalue weighted by molar-refractivity contribution is 0.0528. The Labute approximate surface area is 154 Å². The Balaban J connectivity index is 1.65. The van der Waals surface area contributed by atoms with E-state index in [1.54, 1.807) is 13.3 Å². The van der Waals surface area contributed by atoms with E-state index < -0.39 is 11.7 Å². The van der Waals surface area contributed by atoms with Gasteiger partial charge in [0, 0.05) is 58.9 Å². The van der Waals surface area contributed by atoms with E-state index in [0.29, 0.717) is 13.1 Å². The van der Waals surface area contributed by atoms with Crippen LogP contribution in [0.5, 0.6) is 0 Å². The second-order valence-electron chi connectivity index (χ2n) is 7.16. The van der Waals surface area contributed by atoms with Crippen LogP contribution < -0.4 is 10.6 Å². The van der Waals surface area contributed by atoms with Gasteiger partial charge in [-0.25, -0.2) is 4.79 Å². The molecule has 146 valence electrons. The van der Waals surface area contributed by atoms with E-state index in [0.717, 1.165) is 44.4 Å². The first-order valence-electron chi connectivity index (χ1n) is 8.91. The predicted octanol–water partition coefficient (Wildman–Crippen LogP) is 0.892. The van der Waals surface area contributed by atoms with Gasteiger partial charge in [-0.3, -0.25) is 9.89 Å². The Morgan fingerprint density at radius 1 is 1.27 bits per heavy atom. The maximum absolute atomic E-state index is 11.6. The van der Waals surface area contributed by atoms with Crippen molar-refractivity contribution in [2.45, 2.75) is 32.9 Å². The van der Waals surface area contributed by atoms with Crippen LogP contribution in [0, 0.1) is 0 Å². The summed E-state index contributed by atoms with van der Waals surface area (Å²) in [5.74, 6) is 0.845. The maximum Gasteiger partial charge on any atom is 0.407 e. The minimum absolute atomic E-state index is 0.407. The Morgan fingerprint density at radius 3 is 2.54 bits per heavy atom. The number of ether oxygens (including phenoxy) is 1. The number of nitrogens with one attached hydrogen (secondary N) is 2. The van der Waals surface area contributed by atoms with Crippen LogP contribution >= 0.6 is 0 Å². The van der Waals surface area contributed by atoms with E-state index in [1.807, 2.05) is 26.8 Å². The number of piperazine rings is 1. The van der Waals surface area contributed by atoms with Crippen molar-refractivity contribution in [2.24, 2.45) is 4.99 Å². The number of alkyl carbamates (subject to hydrolysis) is 1. The van der Waals surface area contributed by atoms with Crippen molar-refractivity contribution in [1.82, 2.24) is 25.6 Å². The molecule has 9 heteroatoms. The molecule has 1 saturated heterocycles. The maximum atomic E-state index is 11.6. The van der Waals surface area contributed by atoms with Crippen molar-refractivity contribution in [3.8, 4) is 0 Å². The first-order valence-corrected chi connectivity index (χ1v) is 8.91. The van der Waals surface area contributed by atoms with Crippen LogP contribution in [0.1, 0.15) is 26.5 Å². The molecule has 2 heterocycles. The molecule has 1 amide bonds. The average molecular weight is 366 g/mol. The van der Waals surface area contributed by atoms with E-state index in [4.69, 9.17) is 9.26 Å². The molecular formula is C17H30N6O3. The van der Waals surface area contributed by atoms with Crippen LogP contribution in [0.4, 0.5) is 4.79 Å². The molecule has 0 aliphatic carbocycles. The molecule has 1 aromatic heterocycles. The molecule has 1 aliphatic heterocycles. The lowest BCUT2D eigenvalue weighted by Gasteiger charge is -2.36. The van der Waals surface area contributed by atoms with E-state index in [-0.39, 0.29) is 0 Å². The first kappa shape index (κ1) is 20.0. The van der Waals surface area contributed by atoms with E-state index in [9.17, 15) is 4.79 Å². The smallest absolute Gasteiger partial charge is 0.407 e. The zero-order chi connectivity index (χ0) is 19.0. The zero-order valence-electron chi connectivity index (χ0n) is 16.1. The fourth-order valence-electron chi connectivity index (χ4n) is 2.65. The van der Waals surface area contributed by atoms with Gasteiger partial charge in [-0.05, 0) is 20.8 Å². The highest BCUT2D eigenvalue weighted by atomic mass is 16.6. The number of hydrogen-bond acceptors (Lipinski definition) is 6. The summed E-state index contributed by atoms with van der Waals surface area (Å²) in [5, 5.41) is 9.97. The standard InChI is InChI=1S/C17H30N6O3/c1-17(2,3)26-16(24)20-7-6-19-15(18-4)23-10-8-22(9-11-23)13-14-5-12-25-21-14/h5,12H,6-11,13H2,1-4H3,(H,18,19)(H,20,24). The molecule has 1 aromatic rings. The minimum atomic E-state index is -0.487. The van der Waals surface area contributed by atoms with Crippen LogP contribution in [0.15, 0.2) is 21.8 Å². The number of nitrogens with zero attached hydrogens (tertiary/aromatic N) is 4. The Kier molecular flexibility index (Phi) is 7.26.